The molecule has 0 rings (SSSR count). The number of aliphatic hydroxyl groups excluding tert-OH is 1. The zero-order chi connectivity index (χ0) is 42.1. The topological polar surface area (TPSA) is 169 Å². The summed E-state index contributed by atoms with van der Waals surface area (Å²) in [6.45, 7) is 2.40. The SMILES string of the molecule is CC/C=C\C/C=C\C/C=C\C/C=C\C/C=C\CCCCCCCC(=O)OCC(O)COP(=O)(O)OCC(NC(=O)CCCCCCC/C=C\CCCCC)C(=O)O. The summed E-state index contributed by atoms with van der Waals surface area (Å²) in [4.78, 5) is 45.8. The fourth-order valence-electron chi connectivity index (χ4n) is 5.39. The summed E-state index contributed by atoms with van der Waals surface area (Å²) in [6.07, 6.45) is 46.4. The smallest absolute Gasteiger partial charge is 0.472 e. The highest BCUT2D eigenvalue weighted by Crippen LogP contribution is 2.43. The summed E-state index contributed by atoms with van der Waals surface area (Å²) >= 11 is 0. The Morgan fingerprint density at radius 2 is 1.02 bits per heavy atom. The molecule has 57 heavy (non-hydrogen) atoms. The fourth-order valence-corrected chi connectivity index (χ4v) is 6.17. The molecule has 0 fully saturated rings. The number of aliphatic hydroxyl groups is 1. The molecular formula is C45H76NO10P. The quantitative estimate of drug-likeness (QED) is 0.0203. The maximum absolute atomic E-state index is 12.3. The number of amides is 1. The first-order chi connectivity index (χ1) is 27.6. The van der Waals surface area contributed by atoms with E-state index < -0.39 is 57.6 Å². The number of aliphatic carboxylic acids is 1. The number of carbonyl (C=O) groups excluding carboxylic acids is 2. The molecule has 11 nitrogen and oxygen atoms in total. The lowest BCUT2D eigenvalue weighted by Gasteiger charge is -2.18. The Morgan fingerprint density at radius 3 is 1.54 bits per heavy atom. The van der Waals surface area contributed by atoms with Crippen molar-refractivity contribution in [3.05, 3.63) is 72.9 Å². The maximum atomic E-state index is 12.3. The van der Waals surface area contributed by atoms with Crippen molar-refractivity contribution < 1.29 is 47.8 Å². The number of rotatable bonds is 39. The van der Waals surface area contributed by atoms with Crippen molar-refractivity contribution in [2.45, 2.75) is 174 Å². The van der Waals surface area contributed by atoms with Gasteiger partial charge in [0.05, 0.1) is 13.2 Å². The second-order valence-corrected chi connectivity index (χ2v) is 15.6. The number of nitrogens with one attached hydrogen (secondary N) is 1. The number of allylic oxidation sites excluding steroid dienone is 12. The molecule has 4 N–H and O–H groups in total. The van der Waals surface area contributed by atoms with Crippen LogP contribution in [-0.4, -0.2) is 64.9 Å². The number of phosphoric acid groups is 1. The lowest BCUT2D eigenvalue weighted by Crippen LogP contribution is -2.43. The van der Waals surface area contributed by atoms with Gasteiger partial charge in [0.15, 0.2) is 6.04 Å². The third-order valence-corrected chi connectivity index (χ3v) is 9.68. The van der Waals surface area contributed by atoms with Gasteiger partial charge in [0.2, 0.25) is 5.91 Å². The average Bonchev–Trinajstić information content (AvgIpc) is 3.18. The summed E-state index contributed by atoms with van der Waals surface area (Å²) in [7, 11) is -4.76. The Hall–Kier alpha value is -3.08. The molecule has 0 aliphatic carbocycles. The van der Waals surface area contributed by atoms with E-state index in [0.29, 0.717) is 12.8 Å². The second kappa shape index (κ2) is 39.7. The molecule has 3 atom stereocenters. The molecule has 0 aliphatic heterocycles. The van der Waals surface area contributed by atoms with Crippen LogP contribution in [0.15, 0.2) is 72.9 Å². The second-order valence-electron chi connectivity index (χ2n) is 14.1. The van der Waals surface area contributed by atoms with Crippen molar-refractivity contribution in [2.24, 2.45) is 0 Å². The van der Waals surface area contributed by atoms with E-state index in [4.69, 9.17) is 13.8 Å². The Labute approximate surface area is 344 Å². The van der Waals surface area contributed by atoms with Crippen molar-refractivity contribution in [3.63, 3.8) is 0 Å². The molecule has 0 bridgehead atoms. The number of carboxylic acids is 1. The molecule has 0 heterocycles. The highest BCUT2D eigenvalue weighted by Gasteiger charge is 2.28. The minimum absolute atomic E-state index is 0.131. The van der Waals surface area contributed by atoms with Crippen LogP contribution in [0, 0.1) is 0 Å². The van der Waals surface area contributed by atoms with Crippen molar-refractivity contribution in [1.29, 1.82) is 0 Å². The maximum Gasteiger partial charge on any atom is 0.472 e. The van der Waals surface area contributed by atoms with Gasteiger partial charge in [-0.2, -0.15) is 0 Å². The Morgan fingerprint density at radius 1 is 0.579 bits per heavy atom. The van der Waals surface area contributed by atoms with E-state index in [-0.39, 0.29) is 12.8 Å². The van der Waals surface area contributed by atoms with Crippen LogP contribution in [0.5, 0.6) is 0 Å². The van der Waals surface area contributed by atoms with Crippen LogP contribution in [0.2, 0.25) is 0 Å². The molecule has 0 aromatic rings. The van der Waals surface area contributed by atoms with Crippen molar-refractivity contribution >= 4 is 25.7 Å². The standard InChI is InChI=1S/C45H76NO10P/c1-3-5-7-9-11-13-15-17-18-19-20-21-22-23-24-25-27-29-31-33-35-37-44(49)54-38-41(47)39-55-57(52,53)56-40-42(45(50)51)46-43(48)36-34-32-30-28-26-16-14-12-10-8-6-4-2/h5,7,11-14,17-18,20-21,23-24,41-42,47H,3-4,6,8-10,15-16,19,22,25-40H2,1-2H3,(H,46,48)(H,50,51)(H,52,53)/b7-5-,13-11-,14-12-,18-17-,21-20-,24-23-. The lowest BCUT2D eigenvalue weighted by atomic mass is 10.1. The number of hydrogen-bond donors (Lipinski definition) is 4. The summed E-state index contributed by atoms with van der Waals surface area (Å²) in [5.41, 5.74) is 0. The van der Waals surface area contributed by atoms with E-state index in [2.05, 4.69) is 92.1 Å². The van der Waals surface area contributed by atoms with Crippen LogP contribution in [0.3, 0.4) is 0 Å². The number of esters is 1. The van der Waals surface area contributed by atoms with Crippen molar-refractivity contribution in [2.75, 3.05) is 19.8 Å². The van der Waals surface area contributed by atoms with Gasteiger partial charge in [-0.3, -0.25) is 18.6 Å². The molecule has 1 amide bonds. The number of ether oxygens (including phenoxy) is 1. The van der Waals surface area contributed by atoms with E-state index in [1.54, 1.807) is 0 Å². The third-order valence-electron chi connectivity index (χ3n) is 8.73. The first kappa shape index (κ1) is 53.9. The van der Waals surface area contributed by atoms with Gasteiger partial charge >= 0.3 is 19.8 Å². The first-order valence-corrected chi connectivity index (χ1v) is 23.0. The Bertz CT molecular complexity index is 1240. The van der Waals surface area contributed by atoms with Crippen LogP contribution in [0.4, 0.5) is 0 Å². The largest absolute Gasteiger partial charge is 0.480 e. The van der Waals surface area contributed by atoms with E-state index in [0.717, 1.165) is 103 Å². The van der Waals surface area contributed by atoms with Crippen LogP contribution in [0.1, 0.15) is 162 Å². The van der Waals surface area contributed by atoms with Gasteiger partial charge in [-0.05, 0) is 83.5 Å². The van der Waals surface area contributed by atoms with Gasteiger partial charge in [-0.25, -0.2) is 9.36 Å². The summed E-state index contributed by atoms with van der Waals surface area (Å²) < 4.78 is 26.8. The van der Waals surface area contributed by atoms with Crippen LogP contribution >= 0.6 is 7.82 Å². The van der Waals surface area contributed by atoms with Gasteiger partial charge < -0.3 is 25.2 Å². The molecule has 326 valence electrons. The fraction of sp³-hybridized carbons (Fsp3) is 0.667. The first-order valence-electron chi connectivity index (χ1n) is 21.5. The van der Waals surface area contributed by atoms with Crippen LogP contribution in [0.25, 0.3) is 0 Å². The van der Waals surface area contributed by atoms with Crippen molar-refractivity contribution in [3.8, 4) is 0 Å². The molecule has 0 aliphatic rings. The van der Waals surface area contributed by atoms with Gasteiger partial charge in [0.1, 0.15) is 12.7 Å². The predicted octanol–water partition coefficient (Wildman–Crippen LogP) is 10.9. The zero-order valence-corrected chi connectivity index (χ0v) is 36.0. The molecule has 0 spiro atoms. The van der Waals surface area contributed by atoms with E-state index in [9.17, 15) is 34.1 Å². The van der Waals surface area contributed by atoms with Gasteiger partial charge in [-0.1, -0.05) is 138 Å². The van der Waals surface area contributed by atoms with Crippen LogP contribution < -0.4 is 5.32 Å². The van der Waals surface area contributed by atoms with Crippen LogP contribution in [-0.2, 0) is 32.7 Å². The molecule has 0 radical (unpaired) electrons. The Kier molecular flexibility index (Phi) is 37.6. The third kappa shape index (κ3) is 39.5. The van der Waals surface area contributed by atoms with Gasteiger partial charge in [0.25, 0.3) is 0 Å². The molecule has 0 aromatic carbocycles. The number of carboxylic acid groups (broad SMARTS) is 1. The highest BCUT2D eigenvalue weighted by molar-refractivity contribution is 7.47. The number of hydrogen-bond acceptors (Lipinski definition) is 8. The molecule has 3 unspecified atom stereocenters. The predicted molar refractivity (Wildman–Crippen MR) is 231 cm³/mol. The number of unbranched alkanes of at least 4 members (excludes halogenated alkanes) is 13. The van der Waals surface area contributed by atoms with E-state index in [1.807, 2.05) is 0 Å². The highest BCUT2D eigenvalue weighted by atomic mass is 31.2. The van der Waals surface area contributed by atoms with Crippen molar-refractivity contribution in [1.82, 2.24) is 5.32 Å². The number of phosphoric ester groups is 1. The normalized spacial score (nSPS) is 14.5. The minimum Gasteiger partial charge on any atom is -0.480 e. The van der Waals surface area contributed by atoms with Gasteiger partial charge in [0, 0.05) is 12.8 Å². The minimum atomic E-state index is -4.76. The summed E-state index contributed by atoms with van der Waals surface area (Å²) in [5, 5.41) is 21.8. The lowest BCUT2D eigenvalue weighted by molar-refractivity contribution is -0.147. The molecule has 0 aromatic heterocycles. The molecule has 0 saturated carbocycles. The Balaban J connectivity index is 3.94. The molecule has 0 saturated heterocycles. The van der Waals surface area contributed by atoms with E-state index >= 15 is 0 Å². The van der Waals surface area contributed by atoms with Gasteiger partial charge in [-0.15, -0.1) is 0 Å². The molecular weight excluding hydrogens is 745 g/mol. The summed E-state index contributed by atoms with van der Waals surface area (Å²) in [5.74, 6) is -2.42. The van der Waals surface area contributed by atoms with E-state index in [1.165, 1.54) is 19.3 Å². The summed E-state index contributed by atoms with van der Waals surface area (Å²) in [6, 6.07) is -1.56. The monoisotopic (exact) mass is 822 g/mol. The number of carbonyl (C=O) groups is 3. The zero-order valence-electron chi connectivity index (χ0n) is 35.1. The average molecular weight is 822 g/mol. The molecule has 12 heteroatoms.